The third-order valence-electron chi connectivity index (χ3n) is 3.25. The monoisotopic (exact) mass is 365 g/mol. The molecule has 1 unspecified atom stereocenters. The van der Waals surface area contributed by atoms with Crippen molar-refractivity contribution in [3.8, 4) is 0 Å². The molecule has 1 amide bonds. The maximum Gasteiger partial charge on any atom is 0.262 e. The van der Waals surface area contributed by atoms with Crippen LogP contribution in [-0.4, -0.2) is 31.8 Å². The van der Waals surface area contributed by atoms with Crippen LogP contribution in [-0.2, 0) is 9.05 Å². The number of hydrogen-bond acceptors (Lipinski definition) is 3. The van der Waals surface area contributed by atoms with Crippen LogP contribution in [0, 0.1) is 0 Å². The minimum absolute atomic E-state index is 0.0770. The number of carbonyl (C=O) groups excluding carboxylic acids is 1. The van der Waals surface area contributed by atoms with Gasteiger partial charge in [-0.2, -0.15) is 0 Å². The van der Waals surface area contributed by atoms with Crippen molar-refractivity contribution in [1.29, 1.82) is 0 Å². The highest BCUT2D eigenvalue weighted by atomic mass is 79.9. The van der Waals surface area contributed by atoms with E-state index in [1.165, 1.54) is 12.1 Å². The molecule has 7 heteroatoms. The van der Waals surface area contributed by atoms with Crippen LogP contribution < -0.4 is 0 Å². The number of rotatable bonds is 2. The summed E-state index contributed by atoms with van der Waals surface area (Å²) in [6, 6.07) is 4.64. The summed E-state index contributed by atoms with van der Waals surface area (Å²) in [6.45, 7) is 2.70. The molecular formula is C12H13BrClNO3S. The zero-order valence-electron chi connectivity index (χ0n) is 10.3. The van der Waals surface area contributed by atoms with Gasteiger partial charge in [0, 0.05) is 33.3 Å². The smallest absolute Gasteiger partial charge is 0.262 e. The number of hydrogen-bond donors (Lipinski definition) is 0. The van der Waals surface area contributed by atoms with Crippen molar-refractivity contribution in [2.24, 2.45) is 0 Å². The molecule has 1 aromatic rings. The highest BCUT2D eigenvalue weighted by Crippen LogP contribution is 2.28. The highest BCUT2D eigenvalue weighted by molar-refractivity contribution is 9.10. The van der Waals surface area contributed by atoms with Gasteiger partial charge in [-0.15, -0.1) is 0 Å². The van der Waals surface area contributed by atoms with E-state index in [-0.39, 0.29) is 16.8 Å². The third-order valence-corrected chi connectivity index (χ3v) is 5.57. The highest BCUT2D eigenvalue weighted by Gasteiger charge is 2.27. The predicted molar refractivity (Wildman–Crippen MR) is 76.9 cm³/mol. The first kappa shape index (κ1) is 14.8. The Labute approximate surface area is 125 Å². The van der Waals surface area contributed by atoms with Crippen molar-refractivity contribution < 1.29 is 13.2 Å². The van der Waals surface area contributed by atoms with Gasteiger partial charge in [-0.05, 0) is 53.9 Å². The van der Waals surface area contributed by atoms with E-state index in [4.69, 9.17) is 10.7 Å². The summed E-state index contributed by atoms with van der Waals surface area (Å²) in [5.41, 5.74) is 0.344. The fourth-order valence-corrected chi connectivity index (χ4v) is 4.34. The summed E-state index contributed by atoms with van der Waals surface area (Å²) in [5, 5.41) is 0. The maximum atomic E-state index is 12.3. The Balaban J connectivity index is 2.39. The molecule has 0 aliphatic carbocycles. The van der Waals surface area contributed by atoms with E-state index in [1.54, 1.807) is 11.0 Å². The maximum absolute atomic E-state index is 12.3. The number of carbonyl (C=O) groups is 1. The molecule has 4 nitrogen and oxygen atoms in total. The summed E-state index contributed by atoms with van der Waals surface area (Å²) >= 11 is 3.12. The van der Waals surface area contributed by atoms with E-state index in [2.05, 4.69) is 15.9 Å². The molecule has 0 spiro atoms. The Morgan fingerprint density at radius 1 is 1.47 bits per heavy atom. The minimum atomic E-state index is -3.87. The first-order valence-electron chi connectivity index (χ1n) is 5.86. The van der Waals surface area contributed by atoms with Crippen LogP contribution in [0.1, 0.15) is 30.1 Å². The van der Waals surface area contributed by atoms with Gasteiger partial charge in [-0.25, -0.2) is 8.42 Å². The van der Waals surface area contributed by atoms with Gasteiger partial charge in [-0.3, -0.25) is 4.79 Å². The molecule has 0 N–H and O–H groups in total. The predicted octanol–water partition coefficient (Wildman–Crippen LogP) is 3.00. The van der Waals surface area contributed by atoms with Crippen molar-refractivity contribution in [2.75, 3.05) is 6.54 Å². The van der Waals surface area contributed by atoms with E-state index < -0.39 is 9.05 Å². The summed E-state index contributed by atoms with van der Waals surface area (Å²) < 4.78 is 23.2. The number of likely N-dealkylation sites (tertiary alicyclic amines) is 1. The summed E-state index contributed by atoms with van der Waals surface area (Å²) in [6.07, 6.45) is 1.95. The van der Waals surface area contributed by atoms with Crippen LogP contribution in [0.4, 0.5) is 0 Å². The normalized spacial score (nSPS) is 19.7. The number of nitrogens with zero attached hydrogens (tertiary/aromatic N) is 1. The Morgan fingerprint density at radius 3 is 2.68 bits per heavy atom. The number of halogens is 2. The van der Waals surface area contributed by atoms with Gasteiger partial charge in [-0.1, -0.05) is 0 Å². The molecule has 1 aliphatic rings. The molecule has 104 valence electrons. The third kappa shape index (κ3) is 3.12. The molecule has 1 fully saturated rings. The molecule has 1 aromatic carbocycles. The lowest BCUT2D eigenvalue weighted by molar-refractivity contribution is 0.0747. The Kier molecular flexibility index (Phi) is 4.23. The van der Waals surface area contributed by atoms with Crippen molar-refractivity contribution in [3.63, 3.8) is 0 Å². The fourth-order valence-electron chi connectivity index (χ4n) is 2.22. The first-order chi connectivity index (χ1) is 8.80. The largest absolute Gasteiger partial charge is 0.336 e. The average molecular weight is 367 g/mol. The molecule has 0 bridgehead atoms. The number of amides is 1. The van der Waals surface area contributed by atoms with Gasteiger partial charge in [0.15, 0.2) is 0 Å². The molecule has 1 atom stereocenters. The van der Waals surface area contributed by atoms with Gasteiger partial charge >= 0.3 is 0 Å². The SMILES string of the molecule is CC1CCCN1C(=O)c1ccc(Br)c(S(=O)(=O)Cl)c1. The van der Waals surface area contributed by atoms with Crippen LogP contribution in [0.3, 0.4) is 0 Å². The van der Waals surface area contributed by atoms with E-state index >= 15 is 0 Å². The Morgan fingerprint density at radius 2 is 2.16 bits per heavy atom. The van der Waals surface area contributed by atoms with E-state index in [1.807, 2.05) is 6.92 Å². The van der Waals surface area contributed by atoms with Gasteiger partial charge in [0.25, 0.3) is 15.0 Å². The van der Waals surface area contributed by atoms with Crippen molar-refractivity contribution in [1.82, 2.24) is 4.90 Å². The van der Waals surface area contributed by atoms with E-state index in [9.17, 15) is 13.2 Å². The number of benzene rings is 1. The van der Waals surface area contributed by atoms with Gasteiger partial charge in [0.1, 0.15) is 0 Å². The lowest BCUT2D eigenvalue weighted by Crippen LogP contribution is -2.33. The topological polar surface area (TPSA) is 54.5 Å². The molecule has 1 heterocycles. The summed E-state index contributed by atoms with van der Waals surface area (Å²) in [4.78, 5) is 14.0. The van der Waals surface area contributed by atoms with Gasteiger partial charge in [0.2, 0.25) is 0 Å². The molecular weight excluding hydrogens is 354 g/mol. The second-order valence-corrected chi connectivity index (χ2v) is 7.96. The van der Waals surface area contributed by atoms with Crippen molar-refractivity contribution in [2.45, 2.75) is 30.7 Å². The second kappa shape index (κ2) is 5.42. The van der Waals surface area contributed by atoms with Crippen molar-refractivity contribution >= 4 is 41.6 Å². The van der Waals surface area contributed by atoms with Crippen LogP contribution in [0.25, 0.3) is 0 Å². The standard InChI is InChI=1S/C12H13BrClNO3S/c1-8-3-2-6-15(8)12(16)9-4-5-10(13)11(7-9)19(14,17)18/h4-5,7-8H,2-3,6H2,1H3. The first-order valence-corrected chi connectivity index (χ1v) is 8.96. The molecule has 2 rings (SSSR count). The van der Waals surface area contributed by atoms with Crippen LogP contribution in [0.15, 0.2) is 27.6 Å². The molecule has 0 radical (unpaired) electrons. The lowest BCUT2D eigenvalue weighted by Gasteiger charge is -2.21. The van der Waals surface area contributed by atoms with Crippen LogP contribution in [0.5, 0.6) is 0 Å². The van der Waals surface area contributed by atoms with E-state index in [0.29, 0.717) is 16.6 Å². The molecule has 0 aromatic heterocycles. The van der Waals surface area contributed by atoms with E-state index in [0.717, 1.165) is 12.8 Å². The van der Waals surface area contributed by atoms with Gasteiger partial charge in [0.05, 0.1) is 4.90 Å². The summed E-state index contributed by atoms with van der Waals surface area (Å²) in [5.74, 6) is -0.154. The molecule has 1 aliphatic heterocycles. The van der Waals surface area contributed by atoms with Crippen LogP contribution >= 0.6 is 26.6 Å². The van der Waals surface area contributed by atoms with Crippen LogP contribution in [0.2, 0.25) is 0 Å². The second-order valence-electron chi connectivity index (χ2n) is 4.57. The summed E-state index contributed by atoms with van der Waals surface area (Å²) in [7, 11) is 1.47. The molecule has 1 saturated heterocycles. The molecule has 19 heavy (non-hydrogen) atoms. The zero-order chi connectivity index (χ0) is 14.2. The average Bonchev–Trinajstić information content (AvgIpc) is 2.73. The fraction of sp³-hybridized carbons (Fsp3) is 0.417. The molecule has 0 saturated carbocycles. The lowest BCUT2D eigenvalue weighted by atomic mass is 10.2. The zero-order valence-corrected chi connectivity index (χ0v) is 13.4. The Hall–Kier alpha value is -0.590. The van der Waals surface area contributed by atoms with Gasteiger partial charge < -0.3 is 4.90 Å². The van der Waals surface area contributed by atoms with Crippen molar-refractivity contribution in [3.05, 3.63) is 28.2 Å². The Bertz CT molecular complexity index is 617. The minimum Gasteiger partial charge on any atom is -0.336 e. The quantitative estimate of drug-likeness (QED) is 0.756.